The van der Waals surface area contributed by atoms with Gasteiger partial charge in [-0.3, -0.25) is 14.5 Å². The number of carbonyl (C=O) groups is 2. The molecule has 1 saturated heterocycles. The molecule has 2 aromatic rings. The number of carbonyl (C=O) groups excluding carboxylic acids is 2. The average Bonchev–Trinajstić information content (AvgIpc) is 2.79. The summed E-state index contributed by atoms with van der Waals surface area (Å²) in [5.74, 6) is -0.554. The second-order valence-corrected chi connectivity index (χ2v) is 9.91. The molecule has 8 heteroatoms. The van der Waals surface area contributed by atoms with E-state index in [0.717, 1.165) is 43.2 Å². The van der Waals surface area contributed by atoms with Crippen LogP contribution in [0.15, 0.2) is 54.6 Å². The van der Waals surface area contributed by atoms with Crippen molar-refractivity contribution in [2.75, 3.05) is 13.1 Å². The van der Waals surface area contributed by atoms with Crippen molar-refractivity contribution >= 4 is 34.6 Å². The minimum Gasteiger partial charge on any atom is -0.614 e. The largest absolute Gasteiger partial charge is 0.614 e. The first-order valence-electron chi connectivity index (χ1n) is 10.8. The summed E-state index contributed by atoms with van der Waals surface area (Å²) in [4.78, 5) is 25.7. The summed E-state index contributed by atoms with van der Waals surface area (Å²) in [7, 11) is 0. The highest BCUT2D eigenvalue weighted by atomic mass is 35.5. The van der Waals surface area contributed by atoms with Crippen LogP contribution >= 0.6 is 11.6 Å². The van der Waals surface area contributed by atoms with Gasteiger partial charge in [0.1, 0.15) is 18.1 Å². The van der Waals surface area contributed by atoms with E-state index < -0.39 is 21.9 Å². The summed E-state index contributed by atoms with van der Waals surface area (Å²) in [6, 6.07) is 15.9. The van der Waals surface area contributed by atoms with Gasteiger partial charge >= 0.3 is 0 Å². The molecule has 1 aliphatic heterocycles. The van der Waals surface area contributed by atoms with Gasteiger partial charge in [-0.2, -0.15) is 0 Å². The van der Waals surface area contributed by atoms with Crippen molar-refractivity contribution in [2.45, 2.75) is 48.6 Å². The fourth-order valence-electron chi connectivity index (χ4n) is 3.65. The van der Waals surface area contributed by atoms with E-state index in [1.165, 1.54) is 17.0 Å². The van der Waals surface area contributed by atoms with Crippen LogP contribution < -0.4 is 5.32 Å². The molecule has 0 radical (unpaired) electrons. The lowest BCUT2D eigenvalue weighted by atomic mass is 10.1. The summed E-state index contributed by atoms with van der Waals surface area (Å²) in [5, 5.41) is 1.32. The third-order valence-corrected chi connectivity index (χ3v) is 7.70. The van der Waals surface area contributed by atoms with Gasteiger partial charge in [0, 0.05) is 12.1 Å². The van der Waals surface area contributed by atoms with Crippen molar-refractivity contribution in [3.05, 3.63) is 71.5 Å². The fourth-order valence-corrected chi connectivity index (χ4v) is 5.79. The molecule has 0 aliphatic carbocycles. The molecule has 0 bridgehead atoms. The van der Waals surface area contributed by atoms with Crippen LogP contribution in [0.1, 0.15) is 36.8 Å². The van der Waals surface area contributed by atoms with Crippen LogP contribution in [0.5, 0.6) is 0 Å². The molecule has 1 fully saturated rings. The van der Waals surface area contributed by atoms with Gasteiger partial charge in [-0.1, -0.05) is 55.3 Å². The van der Waals surface area contributed by atoms with E-state index in [2.05, 4.69) is 5.32 Å². The van der Waals surface area contributed by atoms with E-state index in [-0.39, 0.29) is 29.9 Å². The zero-order valence-electron chi connectivity index (χ0n) is 17.8. The lowest BCUT2D eigenvalue weighted by Gasteiger charge is -2.43. The number of nitrogens with one attached hydrogen (secondary N) is 1. The lowest BCUT2D eigenvalue weighted by Crippen LogP contribution is -2.67. The van der Waals surface area contributed by atoms with Gasteiger partial charge < -0.3 is 9.87 Å². The topological polar surface area (TPSA) is 72.5 Å². The maximum Gasteiger partial charge on any atom is 0.252 e. The molecular formula is C24H28ClFN2O3S. The molecule has 2 aromatic carbocycles. The third-order valence-electron chi connectivity index (χ3n) is 5.44. The van der Waals surface area contributed by atoms with Gasteiger partial charge in [0.2, 0.25) is 11.3 Å². The molecule has 1 heterocycles. The molecule has 3 rings (SSSR count). The second kappa shape index (κ2) is 12.2. The number of hydrogen-bond acceptors (Lipinski definition) is 3. The third kappa shape index (κ3) is 6.95. The van der Waals surface area contributed by atoms with E-state index in [4.69, 9.17) is 11.6 Å². The normalized spacial score (nSPS) is 18.8. The van der Waals surface area contributed by atoms with Crippen LogP contribution in [0.4, 0.5) is 4.39 Å². The van der Waals surface area contributed by atoms with Gasteiger partial charge in [0.15, 0.2) is 5.38 Å². The molecule has 0 saturated carbocycles. The van der Waals surface area contributed by atoms with E-state index >= 15 is 0 Å². The molecule has 1 aliphatic rings. The monoisotopic (exact) mass is 478 g/mol. The molecule has 0 aromatic heterocycles. The van der Waals surface area contributed by atoms with E-state index in [1.807, 2.05) is 30.3 Å². The van der Waals surface area contributed by atoms with Crippen LogP contribution in [0.25, 0.3) is 0 Å². The molecule has 3 unspecified atom stereocenters. The molecule has 1 N–H and O–H groups in total. The Morgan fingerprint density at radius 3 is 2.44 bits per heavy atom. The first kappa shape index (κ1) is 24.6. The predicted octanol–water partition coefficient (Wildman–Crippen LogP) is 3.77. The van der Waals surface area contributed by atoms with Gasteiger partial charge in [0.05, 0.1) is 0 Å². The van der Waals surface area contributed by atoms with E-state index in [0.29, 0.717) is 6.54 Å². The van der Waals surface area contributed by atoms with Crippen LogP contribution in [-0.4, -0.2) is 45.1 Å². The Bertz CT molecular complexity index is 885. The number of alkyl halides is 1. The zero-order valence-corrected chi connectivity index (χ0v) is 19.4. The standard InChI is InChI=1S/C24H28ClFN2O3S/c25-22-23(30)28(24(22)32(31)17-19-9-5-3-6-10-19)16-21(29)27-15-7-2-1-4-8-18-11-13-20(26)14-12-18/h3,5-6,9-14,22,24H,1-2,4,7-8,15-17H2,(H,27,29). The number of amides is 2. The van der Waals surface area contributed by atoms with Crippen molar-refractivity contribution in [1.29, 1.82) is 0 Å². The zero-order chi connectivity index (χ0) is 22.9. The Labute approximate surface area is 196 Å². The summed E-state index contributed by atoms with van der Waals surface area (Å²) in [6.07, 6.45) is 4.74. The summed E-state index contributed by atoms with van der Waals surface area (Å²) < 4.78 is 25.6. The van der Waals surface area contributed by atoms with Crippen molar-refractivity contribution in [2.24, 2.45) is 0 Å². The van der Waals surface area contributed by atoms with Crippen molar-refractivity contribution in [1.82, 2.24) is 10.2 Å². The van der Waals surface area contributed by atoms with E-state index in [1.54, 1.807) is 12.1 Å². The van der Waals surface area contributed by atoms with Gasteiger partial charge in [-0.05, 0) is 48.1 Å². The highest BCUT2D eigenvalue weighted by Crippen LogP contribution is 2.31. The number of aryl methyl sites for hydroxylation is 1. The maximum absolute atomic E-state index is 12.9. The SMILES string of the molecule is O=C(CN1C(=O)C(Cl)C1[S+]([O-])Cc1ccccc1)NCCCCCCc1ccc(F)cc1. The molecule has 172 valence electrons. The lowest BCUT2D eigenvalue weighted by molar-refractivity contribution is -0.145. The fraction of sp³-hybridized carbons (Fsp3) is 0.417. The molecule has 5 nitrogen and oxygen atoms in total. The number of likely N-dealkylation sites (tertiary alicyclic amines) is 1. The quantitative estimate of drug-likeness (QED) is 0.218. The summed E-state index contributed by atoms with van der Waals surface area (Å²) >= 11 is 4.72. The molecular weight excluding hydrogens is 451 g/mol. The van der Waals surface area contributed by atoms with Gasteiger partial charge in [-0.15, -0.1) is 11.6 Å². The number of benzene rings is 2. The number of hydrogen-bond donors (Lipinski definition) is 1. The maximum atomic E-state index is 12.9. The van der Waals surface area contributed by atoms with Crippen molar-refractivity contribution in [3.8, 4) is 0 Å². The highest BCUT2D eigenvalue weighted by Gasteiger charge is 2.54. The summed E-state index contributed by atoms with van der Waals surface area (Å²) in [6.45, 7) is 0.400. The Morgan fingerprint density at radius 2 is 1.72 bits per heavy atom. The number of unbranched alkanes of at least 4 members (excludes halogenated alkanes) is 3. The van der Waals surface area contributed by atoms with Crippen LogP contribution in [0.2, 0.25) is 0 Å². The van der Waals surface area contributed by atoms with Gasteiger partial charge in [0.25, 0.3) is 5.91 Å². The summed E-state index contributed by atoms with van der Waals surface area (Å²) in [5.41, 5.74) is 2.02. The first-order valence-corrected chi connectivity index (χ1v) is 12.6. The minimum atomic E-state index is -1.38. The number of β-lactam (4-membered cyclic amide) rings is 1. The molecule has 3 atom stereocenters. The molecule has 0 spiro atoms. The Morgan fingerprint density at radius 1 is 1.03 bits per heavy atom. The Kier molecular flexibility index (Phi) is 9.38. The second-order valence-electron chi connectivity index (χ2n) is 7.91. The number of nitrogens with zero attached hydrogens (tertiary/aromatic N) is 1. The Hall–Kier alpha value is -2.09. The molecule has 2 amide bonds. The molecule has 32 heavy (non-hydrogen) atoms. The van der Waals surface area contributed by atoms with Crippen molar-refractivity contribution in [3.63, 3.8) is 0 Å². The Balaban J connectivity index is 1.32. The number of rotatable bonds is 12. The van der Waals surface area contributed by atoms with Crippen LogP contribution in [0.3, 0.4) is 0 Å². The van der Waals surface area contributed by atoms with E-state index in [9.17, 15) is 18.5 Å². The van der Waals surface area contributed by atoms with Gasteiger partial charge in [-0.25, -0.2) is 4.39 Å². The highest BCUT2D eigenvalue weighted by molar-refractivity contribution is 7.91. The van der Waals surface area contributed by atoms with Crippen molar-refractivity contribution < 1.29 is 18.5 Å². The van der Waals surface area contributed by atoms with Crippen LogP contribution in [0, 0.1) is 5.82 Å². The number of halogens is 2. The average molecular weight is 479 g/mol. The predicted molar refractivity (Wildman–Crippen MR) is 125 cm³/mol. The van der Waals surface area contributed by atoms with Crippen LogP contribution in [-0.2, 0) is 32.9 Å². The first-order chi connectivity index (χ1) is 15.5. The smallest absolute Gasteiger partial charge is 0.252 e. The minimum absolute atomic E-state index is 0.127.